The molecule has 0 bridgehead atoms. The van der Waals surface area contributed by atoms with E-state index >= 15 is 0 Å². The Kier molecular flexibility index (Phi) is 619. The van der Waals surface area contributed by atoms with Crippen molar-refractivity contribution in [2.45, 2.75) is 49.0 Å². The summed E-state index contributed by atoms with van der Waals surface area (Å²) >= 11 is 0. The van der Waals surface area contributed by atoms with Crippen LogP contribution in [0, 0.1) is 13.2 Å². The van der Waals surface area contributed by atoms with Crippen LogP contribution in [0.15, 0.2) is 0 Å². The van der Waals surface area contributed by atoms with Crippen LogP contribution in [0.2, 0.25) is 0 Å². The van der Waals surface area contributed by atoms with Crippen molar-refractivity contribution in [2.75, 3.05) is 13.2 Å². The second kappa shape index (κ2) is 164. The van der Waals surface area contributed by atoms with Crippen LogP contribution in [0.3, 0.4) is 0 Å². The zero-order valence-corrected chi connectivity index (χ0v) is 14.9. The third kappa shape index (κ3) is 281. The molecule has 0 atom stereocenters. The number of aliphatic hydroxyl groups is 4. The Morgan fingerprint density at radius 2 is 0.952 bits per heavy atom. The van der Waals surface area contributed by atoms with Crippen LogP contribution in [0.4, 0.5) is 0 Å². The number of hydrogen-bond donors (Lipinski definition) is 4. The van der Waals surface area contributed by atoms with Crippen LogP contribution >= 0.6 is 0 Å². The Balaban J connectivity index is -0.00000000571. The maximum atomic E-state index is 7.88. The van der Waals surface area contributed by atoms with E-state index in [0.717, 1.165) is 13.2 Å². The molecule has 0 saturated heterocycles. The Labute approximate surface area is 172 Å². The SMILES string of the molecule is C.C.C.CC.O[CH-]CCO.O[CH-]CCO.[2HH].[B].[CH-]=O.[V].[V].[V]. The van der Waals surface area contributed by atoms with Gasteiger partial charge in [0.15, 0.2) is 0 Å². The van der Waals surface area contributed by atoms with E-state index in [-0.39, 0.29) is 101 Å². The molecule has 0 aliphatic heterocycles. The van der Waals surface area contributed by atoms with E-state index in [4.69, 9.17) is 25.2 Å². The maximum absolute atomic E-state index is 7.88. The summed E-state index contributed by atoms with van der Waals surface area (Å²) in [5.41, 5.74) is 0. The van der Waals surface area contributed by atoms with Crippen molar-refractivity contribution >= 4 is 15.2 Å². The summed E-state index contributed by atoms with van der Waals surface area (Å²) < 4.78 is 0. The monoisotopic (exact) mass is 424 g/mol. The number of rotatable bonds is 4. The first-order valence-electron chi connectivity index (χ1n) is 4.20. The van der Waals surface area contributed by atoms with Gasteiger partial charge in [-0.15, -0.1) is 12.8 Å². The Morgan fingerprint density at radius 1 is 0.810 bits per heavy atom. The summed E-state index contributed by atoms with van der Waals surface area (Å²) in [5.74, 6) is 0. The largest absolute Gasteiger partial charge is 0.566 e. The molecule has 21 heavy (non-hydrogen) atoms. The van der Waals surface area contributed by atoms with Gasteiger partial charge in [0.25, 0.3) is 0 Å². The molecule has 0 unspecified atom stereocenters. The fourth-order valence-electron chi connectivity index (χ4n) is 0.115. The van der Waals surface area contributed by atoms with Crippen LogP contribution in [0.5, 0.6) is 0 Å². The van der Waals surface area contributed by atoms with Gasteiger partial charge < -0.3 is 25.2 Å². The first-order valence-corrected chi connectivity index (χ1v) is 4.20. The van der Waals surface area contributed by atoms with Crippen molar-refractivity contribution in [1.82, 2.24) is 0 Å². The third-order valence-corrected chi connectivity index (χ3v) is 0.516. The van der Waals surface area contributed by atoms with E-state index in [0.29, 0.717) is 12.8 Å². The molecule has 4 N–H and O–H groups in total. The minimum Gasteiger partial charge on any atom is -0.566 e. The van der Waals surface area contributed by atoms with Crippen LogP contribution in [-0.2, 0) is 60.5 Å². The van der Waals surface area contributed by atoms with Crippen LogP contribution in [-0.4, -0.2) is 48.8 Å². The van der Waals surface area contributed by atoms with E-state index in [9.17, 15) is 0 Å². The van der Waals surface area contributed by atoms with Gasteiger partial charge in [-0.3, -0.25) is 6.79 Å². The number of carbonyl (C=O) groups excluding carboxylic acids is 1. The molecule has 134 valence electrons. The molecule has 0 saturated carbocycles. The molecule has 0 aliphatic rings. The van der Waals surface area contributed by atoms with Crippen LogP contribution in [0.1, 0.15) is 50.4 Å². The van der Waals surface area contributed by atoms with Gasteiger partial charge >= 0.3 is 0 Å². The van der Waals surface area contributed by atoms with Crippen molar-refractivity contribution in [3.8, 4) is 0 Å². The Hall–Kier alpha value is 1.33. The predicted molar refractivity (Wildman–Crippen MR) is 82.0 cm³/mol. The average Bonchev–Trinajstić information content (AvgIpc) is 2.27. The average molecular weight is 424 g/mol. The maximum Gasteiger partial charge on any atom is 0.0179 e. The van der Waals surface area contributed by atoms with Gasteiger partial charge in [0.2, 0.25) is 0 Å². The molecule has 0 aromatic heterocycles. The molecule has 0 amide bonds. The van der Waals surface area contributed by atoms with Gasteiger partial charge in [0, 0.05) is 78.7 Å². The van der Waals surface area contributed by atoms with E-state index < -0.39 is 0 Å². The van der Waals surface area contributed by atoms with E-state index in [1.807, 2.05) is 13.8 Å². The van der Waals surface area contributed by atoms with Crippen LogP contribution in [0.25, 0.3) is 0 Å². The summed E-state index contributed by atoms with van der Waals surface area (Å²) in [6.07, 6.45) is 0.750. The number of hydrogen-bond acceptors (Lipinski definition) is 5. The first-order chi connectivity index (χ1) is 6.83. The second-order valence-corrected chi connectivity index (χ2v) is 1.39. The van der Waals surface area contributed by atoms with E-state index in [1.165, 1.54) is 0 Å². The van der Waals surface area contributed by atoms with E-state index in [2.05, 4.69) is 6.79 Å². The van der Waals surface area contributed by atoms with Gasteiger partial charge in [-0.2, -0.15) is 0 Å². The molecular weight excluding hydrogens is 388 g/mol. The van der Waals surface area contributed by atoms with Gasteiger partial charge in [-0.1, -0.05) is 36.1 Å². The molecule has 0 spiro atoms. The van der Waals surface area contributed by atoms with Crippen molar-refractivity contribution in [3.63, 3.8) is 0 Å². The van der Waals surface area contributed by atoms with Gasteiger partial charge in [0.1, 0.15) is 0 Å². The summed E-state index contributed by atoms with van der Waals surface area (Å²) in [7, 11) is 0. The predicted octanol–water partition coefficient (Wildman–Crippen LogP) is 2.32. The zero-order chi connectivity index (χ0) is 12.2. The fourth-order valence-corrected chi connectivity index (χ4v) is 0.115. The molecule has 6 radical (unpaired) electrons. The minimum atomic E-state index is 0. The molecular formula is C12H35BO5V3-3. The topological polar surface area (TPSA) is 98.0 Å². The van der Waals surface area contributed by atoms with Gasteiger partial charge in [0.05, 0.1) is 0 Å². The minimum absolute atomic E-state index is 0. The third-order valence-electron chi connectivity index (χ3n) is 0.516. The zero-order valence-electron chi connectivity index (χ0n) is 10.7. The van der Waals surface area contributed by atoms with Crippen molar-refractivity contribution in [2.24, 2.45) is 0 Å². The summed E-state index contributed by atoms with van der Waals surface area (Å²) in [6, 6.07) is 0. The second-order valence-electron chi connectivity index (χ2n) is 1.39. The van der Waals surface area contributed by atoms with Crippen molar-refractivity contribution in [3.05, 3.63) is 13.2 Å². The van der Waals surface area contributed by atoms with Crippen LogP contribution < -0.4 is 0 Å². The molecule has 9 heteroatoms. The standard InChI is InChI=1S/2C3H7O2.C2H6.CHO.3CH4.B.3V.H2/c2*4-2-1-3-5;2*1-2;;;;;;;;/h2*2,4-5H,1,3H2;1-2H3;1H;3*1H4;;;;;1H/q2*-1;;-1;;;;;;;;/i;;;;;;;;;;;1+1. The molecule has 0 aliphatic carbocycles. The molecule has 0 rings (SSSR count). The molecule has 5 nitrogen and oxygen atoms in total. The normalized spacial score (nSPS) is 4.48. The van der Waals surface area contributed by atoms with Crippen molar-refractivity contribution < 1.29 is 82.3 Å². The summed E-state index contributed by atoms with van der Waals surface area (Å²) in [6.45, 7) is 9.19. The van der Waals surface area contributed by atoms with Crippen molar-refractivity contribution in [1.29, 1.82) is 0 Å². The smallest absolute Gasteiger partial charge is 0.0179 e. The molecule has 0 aromatic rings. The molecule has 0 aromatic carbocycles. The van der Waals surface area contributed by atoms with E-state index in [1.54, 1.807) is 0 Å². The Bertz CT molecular complexity index is 68.0. The summed E-state index contributed by atoms with van der Waals surface area (Å²) in [4.78, 5) is 7.75. The number of aliphatic hydroxyl groups excluding tert-OH is 4. The first kappa shape index (κ1) is 79.1. The summed E-state index contributed by atoms with van der Waals surface area (Å²) in [5, 5.41) is 31.3. The van der Waals surface area contributed by atoms with Gasteiger partial charge in [-0.25, -0.2) is 13.2 Å². The van der Waals surface area contributed by atoms with Gasteiger partial charge in [-0.05, 0) is 0 Å². The molecule has 0 heterocycles. The Morgan fingerprint density at radius 3 is 0.952 bits per heavy atom. The fraction of sp³-hybridized carbons (Fsp3) is 0.750. The quantitative estimate of drug-likeness (QED) is 0.316. The molecule has 0 fully saturated rings.